The molecule has 7 nitrogen and oxygen atoms in total. The molecule has 1 saturated heterocycles. The minimum absolute atomic E-state index is 0.191. The van der Waals surface area contributed by atoms with Crippen LogP contribution in [0.5, 0.6) is 5.75 Å². The number of hydrogen-bond acceptors (Lipinski definition) is 5. The van der Waals surface area contributed by atoms with Crippen LogP contribution in [-0.2, 0) is 19.6 Å². The maximum Gasteiger partial charge on any atom is 0.266 e. The Morgan fingerprint density at radius 2 is 1.69 bits per heavy atom. The zero-order chi connectivity index (χ0) is 20.3. The Hall–Kier alpha value is -2.42. The number of nitrogens with one attached hydrogen (secondary N) is 1. The number of morpholine rings is 1. The van der Waals surface area contributed by atoms with Crippen molar-refractivity contribution in [2.75, 3.05) is 26.3 Å². The molecule has 1 atom stereocenters. The highest BCUT2D eigenvalue weighted by Gasteiger charge is 2.30. The van der Waals surface area contributed by atoms with Crippen LogP contribution >= 0.6 is 0 Å². The number of benzene rings is 2. The molecule has 0 unspecified atom stereocenters. The molecule has 2 aliphatic rings. The topological polar surface area (TPSA) is 84.9 Å². The van der Waals surface area contributed by atoms with E-state index in [4.69, 9.17) is 9.47 Å². The Morgan fingerprint density at radius 3 is 2.31 bits per heavy atom. The van der Waals surface area contributed by atoms with Crippen LogP contribution in [-0.4, -0.2) is 51.0 Å². The molecule has 2 aromatic carbocycles. The van der Waals surface area contributed by atoms with E-state index in [1.54, 1.807) is 12.1 Å². The summed E-state index contributed by atoms with van der Waals surface area (Å²) in [5, 5.41) is 2.97. The summed E-state index contributed by atoms with van der Waals surface area (Å²) in [6.45, 7) is 1.49. The molecule has 2 fully saturated rings. The summed E-state index contributed by atoms with van der Waals surface area (Å²) < 4.78 is 38.1. The number of rotatable bonds is 7. The third-order valence-electron chi connectivity index (χ3n) is 4.95. The first kappa shape index (κ1) is 19.9. The maximum atomic E-state index is 12.7. The lowest BCUT2D eigenvalue weighted by atomic mass is 10.1. The zero-order valence-corrected chi connectivity index (χ0v) is 16.8. The highest BCUT2D eigenvalue weighted by Crippen LogP contribution is 2.27. The molecular weight excluding hydrogens is 392 g/mol. The van der Waals surface area contributed by atoms with Gasteiger partial charge in [-0.1, -0.05) is 30.3 Å². The number of sulfonamides is 1. The second-order valence-corrected chi connectivity index (χ2v) is 9.12. The molecule has 0 aromatic heterocycles. The fourth-order valence-corrected chi connectivity index (χ4v) is 4.58. The van der Waals surface area contributed by atoms with Crippen molar-refractivity contribution in [1.29, 1.82) is 0 Å². The molecule has 0 spiro atoms. The van der Waals surface area contributed by atoms with Gasteiger partial charge in [-0.15, -0.1) is 0 Å². The second kappa shape index (κ2) is 8.52. The van der Waals surface area contributed by atoms with Gasteiger partial charge in [0.25, 0.3) is 5.91 Å². The molecule has 2 aromatic rings. The minimum Gasteiger partial charge on any atom is -0.476 e. The van der Waals surface area contributed by atoms with Gasteiger partial charge in [-0.05, 0) is 37.1 Å². The van der Waals surface area contributed by atoms with Gasteiger partial charge in [0.05, 0.1) is 18.1 Å². The summed E-state index contributed by atoms with van der Waals surface area (Å²) in [6, 6.07) is 15.7. The number of amides is 1. The monoisotopic (exact) mass is 416 g/mol. The number of carbonyl (C=O) groups excluding carboxylic acids is 1. The van der Waals surface area contributed by atoms with E-state index in [0.29, 0.717) is 32.1 Å². The van der Waals surface area contributed by atoms with Gasteiger partial charge in [0.2, 0.25) is 16.1 Å². The molecule has 1 aliphatic carbocycles. The first-order valence-electron chi connectivity index (χ1n) is 9.74. The molecule has 0 bridgehead atoms. The molecule has 1 aliphatic heterocycles. The predicted molar refractivity (Wildman–Crippen MR) is 107 cm³/mol. The van der Waals surface area contributed by atoms with E-state index in [2.05, 4.69) is 5.32 Å². The fourth-order valence-electron chi connectivity index (χ4n) is 3.17. The lowest BCUT2D eigenvalue weighted by molar-refractivity contribution is -0.128. The summed E-state index contributed by atoms with van der Waals surface area (Å²) in [7, 11) is -3.56. The van der Waals surface area contributed by atoms with Crippen LogP contribution in [0.15, 0.2) is 59.5 Å². The van der Waals surface area contributed by atoms with Gasteiger partial charge in [-0.3, -0.25) is 4.79 Å². The lowest BCUT2D eigenvalue weighted by Crippen LogP contribution is -2.40. The van der Waals surface area contributed by atoms with Crippen molar-refractivity contribution < 1.29 is 22.7 Å². The van der Waals surface area contributed by atoms with E-state index in [-0.39, 0.29) is 16.8 Å². The third kappa shape index (κ3) is 4.77. The normalized spacial score (nSPS) is 18.8. The van der Waals surface area contributed by atoms with Crippen LogP contribution in [0.3, 0.4) is 0 Å². The van der Waals surface area contributed by atoms with Crippen LogP contribution in [0.25, 0.3) is 0 Å². The van der Waals surface area contributed by atoms with Crippen LogP contribution in [0.4, 0.5) is 0 Å². The second-order valence-electron chi connectivity index (χ2n) is 7.18. The lowest BCUT2D eigenvalue weighted by Gasteiger charge is -2.26. The predicted octanol–water partition coefficient (Wildman–Crippen LogP) is 2.11. The van der Waals surface area contributed by atoms with Gasteiger partial charge < -0.3 is 14.8 Å². The highest BCUT2D eigenvalue weighted by molar-refractivity contribution is 7.89. The Balaban J connectivity index is 1.51. The SMILES string of the molecule is O=C(NC1CC1)[C@H](Oc1ccc(S(=O)(=O)N2CCOCC2)cc1)c1ccccc1. The molecule has 1 amide bonds. The van der Waals surface area contributed by atoms with Crippen molar-refractivity contribution in [3.05, 3.63) is 60.2 Å². The maximum absolute atomic E-state index is 12.7. The zero-order valence-electron chi connectivity index (χ0n) is 16.0. The van der Waals surface area contributed by atoms with Gasteiger partial charge in [0.15, 0.2) is 0 Å². The first-order valence-corrected chi connectivity index (χ1v) is 11.2. The Labute approximate surface area is 170 Å². The Bertz CT molecular complexity index is 937. The van der Waals surface area contributed by atoms with Gasteiger partial charge in [0.1, 0.15) is 5.75 Å². The average molecular weight is 416 g/mol. The summed E-state index contributed by atoms with van der Waals surface area (Å²) in [6.07, 6.45) is 1.18. The summed E-state index contributed by atoms with van der Waals surface area (Å²) in [5.41, 5.74) is 0.746. The van der Waals surface area contributed by atoms with Crippen molar-refractivity contribution >= 4 is 15.9 Å². The van der Waals surface area contributed by atoms with Crippen LogP contribution in [0.1, 0.15) is 24.5 Å². The highest BCUT2D eigenvalue weighted by atomic mass is 32.2. The molecule has 8 heteroatoms. The number of carbonyl (C=O) groups is 1. The Kier molecular flexibility index (Phi) is 5.84. The minimum atomic E-state index is -3.56. The van der Waals surface area contributed by atoms with E-state index in [1.807, 2.05) is 30.3 Å². The van der Waals surface area contributed by atoms with E-state index >= 15 is 0 Å². The number of nitrogens with zero attached hydrogens (tertiary/aromatic N) is 1. The van der Waals surface area contributed by atoms with Gasteiger partial charge >= 0.3 is 0 Å². The largest absolute Gasteiger partial charge is 0.476 e. The van der Waals surface area contributed by atoms with E-state index in [0.717, 1.165) is 18.4 Å². The van der Waals surface area contributed by atoms with Crippen molar-refractivity contribution in [3.8, 4) is 5.75 Å². The van der Waals surface area contributed by atoms with Gasteiger partial charge in [-0.2, -0.15) is 4.31 Å². The summed E-state index contributed by atoms with van der Waals surface area (Å²) in [5.74, 6) is 0.245. The molecule has 1 N–H and O–H groups in total. The van der Waals surface area contributed by atoms with E-state index in [1.165, 1.54) is 16.4 Å². The summed E-state index contributed by atoms with van der Waals surface area (Å²) in [4.78, 5) is 12.9. The van der Waals surface area contributed by atoms with E-state index in [9.17, 15) is 13.2 Å². The fraction of sp³-hybridized carbons (Fsp3) is 0.381. The van der Waals surface area contributed by atoms with Crippen LogP contribution < -0.4 is 10.1 Å². The van der Waals surface area contributed by atoms with Gasteiger partial charge in [0, 0.05) is 24.7 Å². The molecule has 1 heterocycles. The molecular formula is C21H24N2O5S. The number of ether oxygens (including phenoxy) is 2. The van der Waals surface area contributed by atoms with Crippen LogP contribution in [0, 0.1) is 0 Å². The molecule has 4 rings (SSSR count). The molecule has 29 heavy (non-hydrogen) atoms. The smallest absolute Gasteiger partial charge is 0.266 e. The van der Waals surface area contributed by atoms with Crippen molar-refractivity contribution in [3.63, 3.8) is 0 Å². The molecule has 154 valence electrons. The van der Waals surface area contributed by atoms with Crippen molar-refractivity contribution in [1.82, 2.24) is 9.62 Å². The Morgan fingerprint density at radius 1 is 1.03 bits per heavy atom. The third-order valence-corrected chi connectivity index (χ3v) is 6.86. The molecule has 0 radical (unpaired) electrons. The van der Waals surface area contributed by atoms with Crippen LogP contribution in [0.2, 0.25) is 0 Å². The van der Waals surface area contributed by atoms with E-state index < -0.39 is 16.1 Å². The molecule has 1 saturated carbocycles. The van der Waals surface area contributed by atoms with Crippen molar-refractivity contribution in [2.24, 2.45) is 0 Å². The average Bonchev–Trinajstić information content (AvgIpc) is 3.57. The van der Waals surface area contributed by atoms with Gasteiger partial charge in [-0.25, -0.2) is 8.42 Å². The standard InChI is InChI=1S/C21H24N2O5S/c24-21(22-17-6-7-17)20(16-4-2-1-3-5-16)28-18-8-10-19(11-9-18)29(25,26)23-12-14-27-15-13-23/h1-5,8-11,17,20H,6-7,12-15H2,(H,22,24)/t20-/m1/s1. The summed E-state index contributed by atoms with van der Waals surface area (Å²) >= 11 is 0. The number of hydrogen-bond donors (Lipinski definition) is 1. The quantitative estimate of drug-likeness (QED) is 0.747. The van der Waals surface area contributed by atoms with Crippen molar-refractivity contribution in [2.45, 2.75) is 29.9 Å². The first-order chi connectivity index (χ1) is 14.0.